The highest BCUT2D eigenvalue weighted by Gasteiger charge is 2.17. The van der Waals surface area contributed by atoms with Crippen LogP contribution in [0.15, 0.2) is 16.6 Å². The lowest BCUT2D eigenvalue weighted by atomic mass is 10.2. The first-order valence-electron chi connectivity index (χ1n) is 4.95. The van der Waals surface area contributed by atoms with Crippen molar-refractivity contribution in [1.82, 2.24) is 4.90 Å². The number of terminal acetylenes is 1. The fourth-order valence-electron chi connectivity index (χ4n) is 1.43. The fraction of sp³-hybridized carbons (Fsp3) is 0.250. The van der Waals surface area contributed by atoms with Gasteiger partial charge in [-0.3, -0.25) is 9.69 Å². The van der Waals surface area contributed by atoms with Gasteiger partial charge in [0.2, 0.25) is 0 Å². The first-order chi connectivity index (χ1) is 8.45. The third-order valence-electron chi connectivity index (χ3n) is 2.19. The summed E-state index contributed by atoms with van der Waals surface area (Å²) in [7, 11) is 0. The van der Waals surface area contributed by atoms with Crippen molar-refractivity contribution in [2.24, 2.45) is 0 Å². The van der Waals surface area contributed by atoms with E-state index in [4.69, 9.17) is 11.5 Å². The maximum atomic E-state index is 13.7. The van der Waals surface area contributed by atoms with Crippen LogP contribution in [0.25, 0.3) is 0 Å². The Hall–Kier alpha value is -1.45. The van der Waals surface area contributed by atoms with Crippen LogP contribution >= 0.6 is 15.9 Å². The molecular formula is C12H10BrF2NO2. The average molecular weight is 318 g/mol. The zero-order valence-corrected chi connectivity index (χ0v) is 10.9. The number of carboxylic acid groups (broad SMARTS) is 1. The van der Waals surface area contributed by atoms with Crippen molar-refractivity contribution in [3.63, 3.8) is 0 Å². The van der Waals surface area contributed by atoms with E-state index in [9.17, 15) is 13.6 Å². The highest BCUT2D eigenvalue weighted by Crippen LogP contribution is 2.22. The molecule has 3 nitrogen and oxygen atoms in total. The van der Waals surface area contributed by atoms with E-state index in [0.29, 0.717) is 0 Å². The SMILES string of the molecule is C#CCN(CC(=O)O)Cc1c(F)ccc(Br)c1F. The number of aliphatic carboxylic acids is 1. The number of benzene rings is 1. The largest absolute Gasteiger partial charge is 0.480 e. The lowest BCUT2D eigenvalue weighted by Crippen LogP contribution is -2.30. The normalized spacial score (nSPS) is 10.4. The zero-order chi connectivity index (χ0) is 13.7. The Balaban J connectivity index is 2.97. The van der Waals surface area contributed by atoms with Gasteiger partial charge in [-0.15, -0.1) is 6.42 Å². The van der Waals surface area contributed by atoms with Crippen LogP contribution in [-0.2, 0) is 11.3 Å². The predicted octanol–water partition coefficient (Wildman–Crippen LogP) is 2.25. The number of halogens is 3. The minimum absolute atomic E-state index is 0.00229. The fourth-order valence-corrected chi connectivity index (χ4v) is 1.80. The molecule has 0 aromatic heterocycles. The van der Waals surface area contributed by atoms with Crippen LogP contribution in [-0.4, -0.2) is 29.1 Å². The molecule has 0 saturated heterocycles. The highest BCUT2D eigenvalue weighted by atomic mass is 79.9. The third-order valence-corrected chi connectivity index (χ3v) is 2.81. The average Bonchev–Trinajstić information content (AvgIpc) is 2.29. The van der Waals surface area contributed by atoms with E-state index in [-0.39, 0.29) is 29.7 Å². The van der Waals surface area contributed by atoms with E-state index in [1.54, 1.807) is 0 Å². The summed E-state index contributed by atoms with van der Waals surface area (Å²) in [6, 6.07) is 2.36. The van der Waals surface area contributed by atoms with Gasteiger partial charge in [0.15, 0.2) is 0 Å². The van der Waals surface area contributed by atoms with Gasteiger partial charge in [0.25, 0.3) is 0 Å². The van der Waals surface area contributed by atoms with Crippen LogP contribution in [0, 0.1) is 24.0 Å². The first kappa shape index (κ1) is 14.6. The summed E-state index contributed by atoms with van der Waals surface area (Å²) in [5, 5.41) is 8.67. The van der Waals surface area contributed by atoms with Gasteiger partial charge < -0.3 is 5.11 Å². The Labute approximate surface area is 112 Å². The molecule has 0 fully saturated rings. The molecule has 0 aliphatic heterocycles. The van der Waals surface area contributed by atoms with Gasteiger partial charge in [0.1, 0.15) is 11.6 Å². The van der Waals surface area contributed by atoms with Gasteiger partial charge in [0, 0.05) is 12.1 Å². The van der Waals surface area contributed by atoms with Crippen molar-refractivity contribution in [2.75, 3.05) is 13.1 Å². The monoisotopic (exact) mass is 317 g/mol. The molecule has 1 N–H and O–H groups in total. The molecule has 0 radical (unpaired) electrons. The van der Waals surface area contributed by atoms with E-state index in [2.05, 4.69) is 21.9 Å². The second-order valence-electron chi connectivity index (χ2n) is 3.56. The van der Waals surface area contributed by atoms with Crippen LogP contribution in [0.1, 0.15) is 5.56 Å². The predicted molar refractivity (Wildman–Crippen MR) is 65.8 cm³/mol. The van der Waals surface area contributed by atoms with E-state index >= 15 is 0 Å². The number of carboxylic acids is 1. The molecule has 1 aromatic rings. The molecule has 18 heavy (non-hydrogen) atoms. The molecule has 0 atom stereocenters. The summed E-state index contributed by atoms with van der Waals surface area (Å²) >= 11 is 2.94. The molecular weight excluding hydrogens is 308 g/mol. The molecule has 0 bridgehead atoms. The van der Waals surface area contributed by atoms with Crippen LogP contribution in [0.5, 0.6) is 0 Å². The van der Waals surface area contributed by atoms with Crippen molar-refractivity contribution in [3.8, 4) is 12.3 Å². The molecule has 0 heterocycles. The van der Waals surface area contributed by atoms with Gasteiger partial charge in [0.05, 0.1) is 17.6 Å². The summed E-state index contributed by atoms with van der Waals surface area (Å²) in [6.45, 7) is -0.582. The molecule has 6 heteroatoms. The van der Waals surface area contributed by atoms with Crippen molar-refractivity contribution < 1.29 is 18.7 Å². The van der Waals surface area contributed by atoms with E-state index < -0.39 is 17.6 Å². The lowest BCUT2D eigenvalue weighted by Gasteiger charge is -2.18. The molecule has 0 saturated carbocycles. The Morgan fingerprint density at radius 2 is 2.17 bits per heavy atom. The van der Waals surface area contributed by atoms with Crippen LogP contribution in [0.2, 0.25) is 0 Å². The number of rotatable bonds is 5. The Morgan fingerprint density at radius 1 is 1.50 bits per heavy atom. The van der Waals surface area contributed by atoms with Crippen LogP contribution < -0.4 is 0 Å². The maximum absolute atomic E-state index is 13.7. The standard InChI is InChI=1S/C12H10BrF2NO2/c1-2-5-16(7-11(17)18)6-8-10(14)4-3-9(13)12(8)15/h1,3-4H,5-7H2,(H,17,18). The molecule has 0 amide bonds. The number of carbonyl (C=O) groups is 1. The maximum Gasteiger partial charge on any atom is 0.317 e. The Morgan fingerprint density at radius 3 is 2.72 bits per heavy atom. The van der Waals surface area contributed by atoms with Crippen molar-refractivity contribution in [3.05, 3.63) is 33.8 Å². The van der Waals surface area contributed by atoms with Crippen molar-refractivity contribution in [2.45, 2.75) is 6.54 Å². The van der Waals surface area contributed by atoms with Crippen molar-refractivity contribution in [1.29, 1.82) is 0 Å². The molecule has 0 aliphatic rings. The van der Waals surface area contributed by atoms with Gasteiger partial charge in [-0.25, -0.2) is 8.78 Å². The first-order valence-corrected chi connectivity index (χ1v) is 5.75. The van der Waals surface area contributed by atoms with E-state index in [0.717, 1.165) is 6.07 Å². The molecule has 96 valence electrons. The topological polar surface area (TPSA) is 40.5 Å². The van der Waals surface area contributed by atoms with E-state index in [1.165, 1.54) is 11.0 Å². The summed E-state index contributed by atoms with van der Waals surface area (Å²) in [6.07, 6.45) is 5.08. The van der Waals surface area contributed by atoms with Crippen LogP contribution in [0.4, 0.5) is 8.78 Å². The summed E-state index contributed by atoms with van der Waals surface area (Å²) in [5.74, 6) is -0.338. The quantitative estimate of drug-likeness (QED) is 0.669. The molecule has 1 aromatic carbocycles. The molecule has 1 rings (SSSR count). The number of nitrogens with zero attached hydrogens (tertiary/aromatic N) is 1. The summed E-state index contributed by atoms with van der Waals surface area (Å²) in [5.41, 5.74) is -0.208. The van der Waals surface area contributed by atoms with Gasteiger partial charge in [-0.1, -0.05) is 5.92 Å². The third kappa shape index (κ3) is 3.79. The number of hydrogen-bond acceptors (Lipinski definition) is 2. The van der Waals surface area contributed by atoms with Crippen molar-refractivity contribution >= 4 is 21.9 Å². The Kier molecular flexibility index (Phi) is 5.25. The van der Waals surface area contributed by atoms with Gasteiger partial charge in [-0.05, 0) is 28.1 Å². The summed E-state index contributed by atoms with van der Waals surface area (Å²) < 4.78 is 27.3. The number of hydrogen-bond donors (Lipinski definition) is 1. The van der Waals surface area contributed by atoms with Gasteiger partial charge >= 0.3 is 5.97 Å². The highest BCUT2D eigenvalue weighted by molar-refractivity contribution is 9.10. The Bertz CT molecular complexity index is 500. The molecule has 0 spiro atoms. The van der Waals surface area contributed by atoms with Gasteiger partial charge in [-0.2, -0.15) is 0 Å². The van der Waals surface area contributed by atoms with E-state index in [1.807, 2.05) is 0 Å². The second kappa shape index (κ2) is 6.47. The zero-order valence-electron chi connectivity index (χ0n) is 9.29. The minimum atomic E-state index is -1.11. The van der Waals surface area contributed by atoms with Crippen LogP contribution in [0.3, 0.4) is 0 Å². The molecule has 0 aliphatic carbocycles. The molecule has 0 unspecified atom stereocenters. The summed E-state index contributed by atoms with van der Waals surface area (Å²) in [4.78, 5) is 11.9. The minimum Gasteiger partial charge on any atom is -0.480 e. The smallest absolute Gasteiger partial charge is 0.317 e. The lowest BCUT2D eigenvalue weighted by molar-refractivity contribution is -0.138. The second-order valence-corrected chi connectivity index (χ2v) is 4.42.